The number of nitrogens with one attached hydrogen (secondary N) is 1. The first-order valence-corrected chi connectivity index (χ1v) is 6.96. The number of nitrogens with two attached hydrogens (primary N) is 1. The van der Waals surface area contributed by atoms with E-state index < -0.39 is 0 Å². The highest BCUT2D eigenvalue weighted by Gasteiger charge is 2.48. The van der Waals surface area contributed by atoms with Crippen molar-refractivity contribution in [2.24, 2.45) is 11.1 Å². The molecule has 0 radical (unpaired) electrons. The highest BCUT2D eigenvalue weighted by Crippen LogP contribution is 2.45. The average molecular weight is 273 g/mol. The molecule has 0 bridgehead atoms. The van der Waals surface area contributed by atoms with Gasteiger partial charge in [-0.1, -0.05) is 13.8 Å². The summed E-state index contributed by atoms with van der Waals surface area (Å²) in [4.78, 5) is 16.6. The van der Waals surface area contributed by atoms with Gasteiger partial charge < -0.3 is 15.5 Å². The van der Waals surface area contributed by atoms with Crippen LogP contribution in [0.3, 0.4) is 0 Å². The van der Waals surface area contributed by atoms with Crippen molar-refractivity contribution in [1.82, 2.24) is 4.98 Å². The molecule has 1 aromatic heterocycles. The summed E-state index contributed by atoms with van der Waals surface area (Å²) in [7, 11) is 0. The molecule has 20 heavy (non-hydrogen) atoms. The Bertz CT molecular complexity index is 656. The van der Waals surface area contributed by atoms with E-state index >= 15 is 0 Å². The van der Waals surface area contributed by atoms with Gasteiger partial charge in [0.25, 0.3) is 0 Å². The third-order valence-electron chi connectivity index (χ3n) is 3.88. The maximum absolute atomic E-state index is 12.1. The van der Waals surface area contributed by atoms with Gasteiger partial charge in [0.1, 0.15) is 5.52 Å². The summed E-state index contributed by atoms with van der Waals surface area (Å²) < 4.78 is 5.65. The summed E-state index contributed by atoms with van der Waals surface area (Å²) >= 11 is 0. The molecule has 0 spiro atoms. The van der Waals surface area contributed by atoms with Gasteiger partial charge in [-0.3, -0.25) is 4.79 Å². The standard InChI is InChI=1S/C15H19N3O2/c1-9(2)13-18-11-7-10(3-4-12(11)20-13)17-14(19)15(8-16)5-6-15/h3-4,7,9H,5-6,8,16H2,1-2H3,(H,17,19). The van der Waals surface area contributed by atoms with E-state index in [9.17, 15) is 4.79 Å². The highest BCUT2D eigenvalue weighted by atomic mass is 16.3. The maximum Gasteiger partial charge on any atom is 0.231 e. The van der Waals surface area contributed by atoms with Crippen molar-refractivity contribution >= 4 is 22.7 Å². The Hall–Kier alpha value is -1.88. The molecule has 1 aromatic carbocycles. The number of benzene rings is 1. The van der Waals surface area contributed by atoms with Crippen molar-refractivity contribution in [2.45, 2.75) is 32.6 Å². The first-order valence-electron chi connectivity index (χ1n) is 6.96. The number of oxazole rings is 1. The number of anilines is 1. The van der Waals surface area contributed by atoms with Crippen molar-refractivity contribution < 1.29 is 9.21 Å². The Morgan fingerprint density at radius 2 is 2.25 bits per heavy atom. The third kappa shape index (κ3) is 2.18. The zero-order chi connectivity index (χ0) is 14.3. The van der Waals surface area contributed by atoms with Crippen LogP contribution in [0.25, 0.3) is 11.1 Å². The lowest BCUT2D eigenvalue weighted by Gasteiger charge is -2.12. The topological polar surface area (TPSA) is 81.2 Å². The van der Waals surface area contributed by atoms with Gasteiger partial charge in [0, 0.05) is 18.2 Å². The Kier molecular flexibility index (Phi) is 3.01. The van der Waals surface area contributed by atoms with E-state index in [-0.39, 0.29) is 17.2 Å². The fourth-order valence-corrected chi connectivity index (χ4v) is 2.21. The van der Waals surface area contributed by atoms with Gasteiger partial charge >= 0.3 is 0 Å². The van der Waals surface area contributed by atoms with Crippen LogP contribution in [0.15, 0.2) is 22.6 Å². The van der Waals surface area contributed by atoms with Crippen molar-refractivity contribution in [3.63, 3.8) is 0 Å². The molecule has 5 nitrogen and oxygen atoms in total. The second-order valence-electron chi connectivity index (χ2n) is 5.83. The number of carbonyl (C=O) groups excluding carboxylic acids is 1. The van der Waals surface area contributed by atoms with E-state index in [2.05, 4.69) is 10.3 Å². The van der Waals surface area contributed by atoms with Crippen molar-refractivity contribution in [3.05, 3.63) is 24.1 Å². The number of rotatable bonds is 4. The SMILES string of the molecule is CC(C)c1nc2cc(NC(=O)C3(CN)CC3)ccc2o1. The first-order chi connectivity index (χ1) is 9.54. The van der Waals surface area contributed by atoms with Crippen molar-refractivity contribution in [3.8, 4) is 0 Å². The smallest absolute Gasteiger partial charge is 0.231 e. The van der Waals surface area contributed by atoms with Gasteiger partial charge in [-0.25, -0.2) is 4.98 Å². The summed E-state index contributed by atoms with van der Waals surface area (Å²) in [5.41, 5.74) is 7.57. The molecule has 3 rings (SSSR count). The maximum atomic E-state index is 12.1. The fraction of sp³-hybridized carbons (Fsp3) is 0.467. The molecule has 1 heterocycles. The van der Waals surface area contributed by atoms with Crippen LogP contribution in [0, 0.1) is 5.41 Å². The zero-order valence-corrected chi connectivity index (χ0v) is 11.8. The molecule has 1 fully saturated rings. The molecule has 0 atom stereocenters. The highest BCUT2D eigenvalue weighted by molar-refractivity contribution is 5.98. The van der Waals surface area contributed by atoms with Crippen LogP contribution in [-0.2, 0) is 4.79 Å². The van der Waals surface area contributed by atoms with E-state index in [1.54, 1.807) is 0 Å². The molecule has 3 N–H and O–H groups in total. The van der Waals surface area contributed by atoms with Crippen LogP contribution in [0.4, 0.5) is 5.69 Å². The van der Waals surface area contributed by atoms with Gasteiger partial charge in [-0.2, -0.15) is 0 Å². The minimum Gasteiger partial charge on any atom is -0.440 e. The van der Waals surface area contributed by atoms with Crippen LogP contribution in [0.1, 0.15) is 38.5 Å². The third-order valence-corrected chi connectivity index (χ3v) is 3.88. The molecule has 1 saturated carbocycles. The van der Waals surface area contributed by atoms with Gasteiger partial charge in [0.2, 0.25) is 5.91 Å². The van der Waals surface area contributed by atoms with Crippen LogP contribution >= 0.6 is 0 Å². The Morgan fingerprint density at radius 1 is 1.50 bits per heavy atom. The molecule has 0 saturated heterocycles. The molecular weight excluding hydrogens is 254 g/mol. The normalized spacial score (nSPS) is 16.6. The van der Waals surface area contributed by atoms with E-state index in [1.165, 1.54) is 0 Å². The van der Waals surface area contributed by atoms with Crippen molar-refractivity contribution in [2.75, 3.05) is 11.9 Å². The van der Waals surface area contributed by atoms with E-state index in [0.717, 1.165) is 29.6 Å². The largest absolute Gasteiger partial charge is 0.440 e. The molecule has 1 aliphatic carbocycles. The van der Waals surface area contributed by atoms with E-state index in [0.29, 0.717) is 12.4 Å². The number of carbonyl (C=O) groups is 1. The summed E-state index contributed by atoms with van der Waals surface area (Å²) in [6.07, 6.45) is 1.75. The Balaban J connectivity index is 1.84. The van der Waals surface area contributed by atoms with Crippen molar-refractivity contribution in [1.29, 1.82) is 0 Å². The van der Waals surface area contributed by atoms with Gasteiger partial charge in [-0.15, -0.1) is 0 Å². The lowest BCUT2D eigenvalue weighted by atomic mass is 10.1. The Labute approximate surface area is 117 Å². The number of fused-ring (bicyclic) bond motifs is 1. The molecule has 2 aromatic rings. The summed E-state index contributed by atoms with van der Waals surface area (Å²) in [5, 5.41) is 2.93. The summed E-state index contributed by atoms with van der Waals surface area (Å²) in [6.45, 7) is 4.47. The summed E-state index contributed by atoms with van der Waals surface area (Å²) in [6, 6.07) is 5.52. The van der Waals surface area contributed by atoms with Gasteiger partial charge in [0.05, 0.1) is 5.41 Å². The molecule has 0 unspecified atom stereocenters. The van der Waals surface area contributed by atoms with Crippen LogP contribution in [0.2, 0.25) is 0 Å². The average Bonchev–Trinajstić information content (AvgIpc) is 3.11. The molecule has 106 valence electrons. The second-order valence-corrected chi connectivity index (χ2v) is 5.83. The number of aromatic nitrogens is 1. The van der Waals surface area contributed by atoms with Crippen LogP contribution < -0.4 is 11.1 Å². The lowest BCUT2D eigenvalue weighted by molar-refractivity contribution is -0.120. The van der Waals surface area contributed by atoms with Gasteiger partial charge in [0.15, 0.2) is 11.5 Å². The minimum absolute atomic E-state index is 0.00641. The number of amides is 1. The zero-order valence-electron chi connectivity index (χ0n) is 11.8. The summed E-state index contributed by atoms with van der Waals surface area (Å²) in [5.74, 6) is 0.962. The van der Waals surface area contributed by atoms with E-state index in [1.807, 2.05) is 32.0 Å². The number of hydrogen-bond acceptors (Lipinski definition) is 4. The van der Waals surface area contributed by atoms with Crippen LogP contribution in [-0.4, -0.2) is 17.4 Å². The fourth-order valence-electron chi connectivity index (χ4n) is 2.21. The number of nitrogens with zero attached hydrogens (tertiary/aromatic N) is 1. The second kappa shape index (κ2) is 4.59. The molecule has 0 aliphatic heterocycles. The van der Waals surface area contributed by atoms with E-state index in [4.69, 9.17) is 10.2 Å². The quantitative estimate of drug-likeness (QED) is 0.897. The Morgan fingerprint density at radius 3 is 2.85 bits per heavy atom. The number of hydrogen-bond donors (Lipinski definition) is 2. The molecule has 1 amide bonds. The molecule has 1 aliphatic rings. The monoisotopic (exact) mass is 273 g/mol. The molecular formula is C15H19N3O2. The van der Waals surface area contributed by atoms with Gasteiger partial charge in [-0.05, 0) is 31.0 Å². The minimum atomic E-state index is -0.345. The molecule has 5 heteroatoms. The predicted molar refractivity (Wildman–Crippen MR) is 77.4 cm³/mol. The predicted octanol–water partition coefficient (Wildman–Crippen LogP) is 2.63. The lowest BCUT2D eigenvalue weighted by Crippen LogP contribution is -2.30. The van der Waals surface area contributed by atoms with Crippen LogP contribution in [0.5, 0.6) is 0 Å². The first kappa shape index (κ1) is 13.1.